The SMILES string of the molecule is COc1ccccc1CCn1cnc2scc(NC(=O)C3CCC(O)C(Cl)C3)c2c1=O. The number of para-hydroxylation sites is 1. The first-order valence-electron chi connectivity index (χ1n) is 10.2. The highest BCUT2D eigenvalue weighted by Crippen LogP contribution is 2.31. The van der Waals surface area contributed by atoms with Crippen LogP contribution in [0, 0.1) is 5.92 Å². The van der Waals surface area contributed by atoms with Crippen LogP contribution in [0.1, 0.15) is 24.8 Å². The van der Waals surface area contributed by atoms with Gasteiger partial charge in [-0.25, -0.2) is 4.98 Å². The van der Waals surface area contributed by atoms with Crippen LogP contribution in [0.15, 0.2) is 40.8 Å². The van der Waals surface area contributed by atoms with Gasteiger partial charge in [-0.1, -0.05) is 18.2 Å². The van der Waals surface area contributed by atoms with Crippen molar-refractivity contribution in [2.75, 3.05) is 12.4 Å². The number of aliphatic hydroxyl groups excluding tert-OH is 1. The molecule has 0 bridgehead atoms. The Bertz CT molecular complexity index is 1150. The Morgan fingerprint density at radius 2 is 2.19 bits per heavy atom. The second-order valence-electron chi connectivity index (χ2n) is 7.72. The molecule has 3 unspecified atom stereocenters. The lowest BCUT2D eigenvalue weighted by Gasteiger charge is -2.28. The van der Waals surface area contributed by atoms with Crippen LogP contribution in [0.4, 0.5) is 5.69 Å². The van der Waals surface area contributed by atoms with Crippen molar-refractivity contribution in [3.05, 3.63) is 51.9 Å². The smallest absolute Gasteiger partial charge is 0.264 e. The van der Waals surface area contributed by atoms with Crippen LogP contribution < -0.4 is 15.6 Å². The molecule has 0 aliphatic heterocycles. The standard InChI is InChI=1S/C22H24ClN3O4S/c1-30-18-5-3-2-4-13(18)8-9-26-12-24-21-19(22(26)29)16(11-31-21)25-20(28)14-6-7-17(27)15(23)10-14/h2-5,11-12,14-15,17,27H,6-10H2,1H3,(H,25,28). The molecule has 1 aromatic carbocycles. The first kappa shape index (κ1) is 21.8. The third-order valence-electron chi connectivity index (χ3n) is 5.74. The number of alkyl halides is 1. The number of ether oxygens (including phenoxy) is 1. The number of aryl methyl sites for hydroxylation is 2. The monoisotopic (exact) mass is 461 g/mol. The average Bonchev–Trinajstić information content (AvgIpc) is 3.18. The second-order valence-corrected chi connectivity index (χ2v) is 9.14. The van der Waals surface area contributed by atoms with Crippen molar-refractivity contribution in [3.63, 3.8) is 0 Å². The van der Waals surface area contributed by atoms with Crippen molar-refractivity contribution in [2.45, 2.75) is 43.7 Å². The minimum atomic E-state index is -0.577. The fraction of sp³-hybridized carbons (Fsp3) is 0.409. The van der Waals surface area contributed by atoms with Crippen molar-refractivity contribution in [1.82, 2.24) is 9.55 Å². The molecule has 9 heteroatoms. The number of nitrogens with one attached hydrogen (secondary N) is 1. The predicted octanol–water partition coefficient (Wildman–Crippen LogP) is 3.42. The fourth-order valence-corrected chi connectivity index (χ4v) is 5.11. The Hall–Kier alpha value is -2.42. The minimum Gasteiger partial charge on any atom is -0.496 e. The highest BCUT2D eigenvalue weighted by molar-refractivity contribution is 7.17. The van der Waals surface area contributed by atoms with Crippen LogP contribution in [0.2, 0.25) is 0 Å². The molecule has 0 saturated heterocycles. The van der Waals surface area contributed by atoms with E-state index in [4.69, 9.17) is 16.3 Å². The van der Waals surface area contributed by atoms with Gasteiger partial charge >= 0.3 is 0 Å². The Kier molecular flexibility index (Phi) is 6.60. The van der Waals surface area contributed by atoms with Crippen molar-refractivity contribution in [2.24, 2.45) is 5.92 Å². The van der Waals surface area contributed by atoms with E-state index in [0.717, 1.165) is 11.3 Å². The number of nitrogens with zero attached hydrogens (tertiary/aromatic N) is 2. The van der Waals surface area contributed by atoms with Gasteiger partial charge in [-0.3, -0.25) is 14.2 Å². The molecule has 1 fully saturated rings. The fourth-order valence-electron chi connectivity index (χ4n) is 3.94. The van der Waals surface area contributed by atoms with Gasteiger partial charge < -0.3 is 15.2 Å². The summed E-state index contributed by atoms with van der Waals surface area (Å²) in [6, 6.07) is 7.70. The zero-order valence-corrected chi connectivity index (χ0v) is 18.7. The zero-order valence-electron chi connectivity index (χ0n) is 17.1. The van der Waals surface area contributed by atoms with E-state index in [-0.39, 0.29) is 17.4 Å². The molecule has 7 nitrogen and oxygen atoms in total. The first-order chi connectivity index (χ1) is 15.0. The lowest BCUT2D eigenvalue weighted by atomic mass is 9.86. The molecule has 1 saturated carbocycles. The third kappa shape index (κ3) is 4.61. The van der Waals surface area contributed by atoms with Gasteiger partial charge in [-0.15, -0.1) is 22.9 Å². The number of hydrogen-bond donors (Lipinski definition) is 2. The number of aliphatic hydroxyl groups is 1. The van der Waals surface area contributed by atoms with Crippen molar-refractivity contribution >= 4 is 44.7 Å². The van der Waals surface area contributed by atoms with Gasteiger partial charge in [-0.2, -0.15) is 0 Å². The molecule has 31 heavy (non-hydrogen) atoms. The van der Waals surface area contributed by atoms with Gasteiger partial charge in [0.05, 0.1) is 30.6 Å². The summed E-state index contributed by atoms with van der Waals surface area (Å²) in [7, 11) is 1.62. The van der Waals surface area contributed by atoms with Gasteiger partial charge in [0.15, 0.2) is 0 Å². The number of rotatable bonds is 6. The lowest BCUT2D eigenvalue weighted by molar-refractivity contribution is -0.121. The Balaban J connectivity index is 1.53. The van der Waals surface area contributed by atoms with Crippen molar-refractivity contribution in [1.29, 1.82) is 0 Å². The molecule has 1 aliphatic rings. The molecule has 0 radical (unpaired) electrons. The molecule has 2 aromatic heterocycles. The molecule has 0 spiro atoms. The minimum absolute atomic E-state index is 0.180. The second kappa shape index (κ2) is 9.38. The number of carbonyl (C=O) groups excluding carboxylic acids is 1. The van der Waals surface area contributed by atoms with E-state index in [1.165, 1.54) is 11.3 Å². The van der Waals surface area contributed by atoms with E-state index < -0.39 is 11.5 Å². The summed E-state index contributed by atoms with van der Waals surface area (Å²) in [5.74, 6) is 0.314. The maximum Gasteiger partial charge on any atom is 0.264 e. The molecular formula is C22H24ClN3O4S. The van der Waals surface area contributed by atoms with Crippen molar-refractivity contribution in [3.8, 4) is 5.75 Å². The normalized spacial score (nSPS) is 21.2. The highest BCUT2D eigenvalue weighted by atomic mass is 35.5. The van der Waals surface area contributed by atoms with E-state index in [2.05, 4.69) is 10.3 Å². The maximum absolute atomic E-state index is 13.1. The van der Waals surface area contributed by atoms with Crippen LogP contribution in [0.3, 0.4) is 0 Å². The Morgan fingerprint density at radius 3 is 2.97 bits per heavy atom. The van der Waals surface area contributed by atoms with Crippen LogP contribution in [0.5, 0.6) is 5.75 Å². The molecule has 1 amide bonds. The summed E-state index contributed by atoms with van der Waals surface area (Å²) >= 11 is 7.46. The van der Waals surface area contributed by atoms with Crippen LogP contribution in [-0.2, 0) is 17.8 Å². The highest BCUT2D eigenvalue weighted by Gasteiger charge is 2.32. The molecule has 2 heterocycles. The largest absolute Gasteiger partial charge is 0.496 e. The average molecular weight is 462 g/mol. The summed E-state index contributed by atoms with van der Waals surface area (Å²) in [5, 5.41) is 14.4. The number of hydrogen-bond acceptors (Lipinski definition) is 6. The van der Waals surface area contributed by atoms with Gasteiger partial charge in [0.1, 0.15) is 16.0 Å². The summed E-state index contributed by atoms with van der Waals surface area (Å²) < 4.78 is 6.94. The topological polar surface area (TPSA) is 93.4 Å². The molecule has 2 N–H and O–H groups in total. The van der Waals surface area contributed by atoms with Crippen molar-refractivity contribution < 1.29 is 14.6 Å². The van der Waals surface area contributed by atoms with Gasteiger partial charge in [0.25, 0.3) is 5.56 Å². The number of fused-ring (bicyclic) bond motifs is 1. The summed E-state index contributed by atoms with van der Waals surface area (Å²) in [6.07, 6.45) is 3.06. The molecule has 3 atom stereocenters. The summed E-state index contributed by atoms with van der Waals surface area (Å²) in [4.78, 5) is 30.9. The number of anilines is 1. The number of methoxy groups -OCH3 is 1. The van der Waals surface area contributed by atoms with Crippen LogP contribution in [0.25, 0.3) is 10.2 Å². The number of benzene rings is 1. The number of amides is 1. The Labute approximate surface area is 188 Å². The molecule has 164 valence electrons. The molecule has 4 rings (SSSR count). The molecular weight excluding hydrogens is 438 g/mol. The zero-order chi connectivity index (χ0) is 22.0. The number of thiophene rings is 1. The summed E-state index contributed by atoms with van der Waals surface area (Å²) in [5.41, 5.74) is 1.29. The van der Waals surface area contributed by atoms with E-state index >= 15 is 0 Å². The maximum atomic E-state index is 13.1. The lowest BCUT2D eigenvalue weighted by Crippen LogP contribution is -2.35. The van der Waals surface area contributed by atoms with E-state index in [1.807, 2.05) is 24.3 Å². The Morgan fingerprint density at radius 1 is 1.39 bits per heavy atom. The van der Waals surface area contributed by atoms with Gasteiger partial charge in [0, 0.05) is 17.8 Å². The van der Waals surface area contributed by atoms with E-state index in [9.17, 15) is 14.7 Å². The third-order valence-corrected chi connectivity index (χ3v) is 7.10. The van der Waals surface area contributed by atoms with Crippen LogP contribution >= 0.6 is 22.9 Å². The first-order valence-corrected chi connectivity index (χ1v) is 11.5. The van der Waals surface area contributed by atoms with E-state index in [1.54, 1.807) is 23.4 Å². The number of aromatic nitrogens is 2. The molecule has 3 aromatic rings. The summed E-state index contributed by atoms with van der Waals surface area (Å²) in [6.45, 7) is 0.444. The predicted molar refractivity (Wildman–Crippen MR) is 122 cm³/mol. The van der Waals surface area contributed by atoms with Crippen LogP contribution in [-0.4, -0.2) is 39.2 Å². The van der Waals surface area contributed by atoms with Gasteiger partial charge in [-0.05, 0) is 37.3 Å². The number of carbonyl (C=O) groups is 1. The molecule has 1 aliphatic carbocycles. The van der Waals surface area contributed by atoms with Gasteiger partial charge in [0.2, 0.25) is 5.91 Å². The quantitative estimate of drug-likeness (QED) is 0.548. The van der Waals surface area contributed by atoms with E-state index in [0.29, 0.717) is 48.1 Å². The number of halogens is 1.